The zero-order chi connectivity index (χ0) is 27.5. The van der Waals surface area contributed by atoms with E-state index in [0.29, 0.717) is 48.2 Å². The lowest BCUT2D eigenvalue weighted by Gasteiger charge is -2.39. The highest BCUT2D eigenvalue weighted by Crippen LogP contribution is 2.29. The minimum absolute atomic E-state index is 0.134. The average Bonchev–Trinajstić information content (AvgIpc) is 2.87. The van der Waals surface area contributed by atoms with Gasteiger partial charge in [-0.25, -0.2) is 4.79 Å². The van der Waals surface area contributed by atoms with E-state index in [4.69, 9.17) is 4.74 Å². The Morgan fingerprint density at radius 1 is 1.00 bits per heavy atom. The Balaban J connectivity index is 1.52. The number of halogens is 3. The summed E-state index contributed by atoms with van der Waals surface area (Å²) in [5, 5.41) is 3.63. The molecule has 2 aromatic heterocycles. The number of ether oxygens (including phenoxy) is 1. The Bertz CT molecular complexity index is 1280. The summed E-state index contributed by atoms with van der Waals surface area (Å²) >= 11 is 0. The molecular formula is C27H30F3N5O3. The molecule has 1 aliphatic heterocycles. The molecule has 0 aliphatic carbocycles. The van der Waals surface area contributed by atoms with E-state index in [2.05, 4.69) is 15.3 Å². The van der Waals surface area contributed by atoms with E-state index < -0.39 is 29.6 Å². The molecule has 1 saturated heterocycles. The Morgan fingerprint density at radius 2 is 1.74 bits per heavy atom. The topological polar surface area (TPSA) is 87.7 Å². The van der Waals surface area contributed by atoms with Crippen LogP contribution >= 0.6 is 0 Å². The minimum Gasteiger partial charge on any atom is -0.444 e. The van der Waals surface area contributed by atoms with Crippen LogP contribution in [0.3, 0.4) is 0 Å². The number of aromatic nitrogens is 2. The van der Waals surface area contributed by atoms with E-state index in [0.717, 1.165) is 6.07 Å². The van der Waals surface area contributed by atoms with Gasteiger partial charge in [0.2, 0.25) is 0 Å². The first-order valence-electron chi connectivity index (χ1n) is 12.3. The smallest absolute Gasteiger partial charge is 0.433 e. The molecule has 1 unspecified atom stereocenters. The van der Waals surface area contributed by atoms with Gasteiger partial charge >= 0.3 is 12.3 Å². The van der Waals surface area contributed by atoms with Gasteiger partial charge in [0.15, 0.2) is 0 Å². The lowest BCUT2D eigenvalue weighted by Crippen LogP contribution is -2.52. The number of fused-ring (bicyclic) bond motifs is 1. The fourth-order valence-electron chi connectivity index (χ4n) is 4.36. The van der Waals surface area contributed by atoms with Crippen LogP contribution in [0.5, 0.6) is 0 Å². The highest BCUT2D eigenvalue weighted by molar-refractivity contribution is 6.06. The van der Waals surface area contributed by atoms with Crippen LogP contribution < -0.4 is 5.32 Å². The fraction of sp³-hybridized carbons (Fsp3) is 0.407. The van der Waals surface area contributed by atoms with E-state index in [-0.39, 0.29) is 12.5 Å². The Labute approximate surface area is 218 Å². The molecule has 1 atom stereocenters. The summed E-state index contributed by atoms with van der Waals surface area (Å²) in [5.74, 6) is -0.319. The zero-order valence-electron chi connectivity index (χ0n) is 21.5. The molecule has 0 spiro atoms. The van der Waals surface area contributed by atoms with Gasteiger partial charge in [-0.2, -0.15) is 13.2 Å². The van der Waals surface area contributed by atoms with Crippen molar-refractivity contribution >= 4 is 22.9 Å². The van der Waals surface area contributed by atoms with Gasteiger partial charge in [0.25, 0.3) is 5.91 Å². The van der Waals surface area contributed by atoms with Crippen molar-refractivity contribution in [3.05, 3.63) is 71.7 Å². The summed E-state index contributed by atoms with van der Waals surface area (Å²) in [7, 11) is 0. The summed E-state index contributed by atoms with van der Waals surface area (Å²) in [6.07, 6.45) is -2.12. The molecule has 8 nitrogen and oxygen atoms in total. The summed E-state index contributed by atoms with van der Waals surface area (Å²) in [6, 6.07) is 10.7. The van der Waals surface area contributed by atoms with Crippen LogP contribution in [0, 0.1) is 0 Å². The Hall–Kier alpha value is -3.73. The monoisotopic (exact) mass is 529 g/mol. The molecule has 4 rings (SSSR count). The first-order valence-corrected chi connectivity index (χ1v) is 12.3. The van der Waals surface area contributed by atoms with Gasteiger partial charge in [-0.1, -0.05) is 18.2 Å². The van der Waals surface area contributed by atoms with Crippen molar-refractivity contribution < 1.29 is 27.5 Å². The van der Waals surface area contributed by atoms with E-state index in [9.17, 15) is 22.8 Å². The first kappa shape index (κ1) is 27.3. The van der Waals surface area contributed by atoms with Gasteiger partial charge in [0.1, 0.15) is 11.3 Å². The summed E-state index contributed by atoms with van der Waals surface area (Å²) < 4.78 is 44.7. The van der Waals surface area contributed by atoms with Crippen LogP contribution in [0.25, 0.3) is 10.9 Å². The molecule has 2 amide bonds. The molecule has 1 aliphatic rings. The fourth-order valence-corrected chi connectivity index (χ4v) is 4.36. The second kappa shape index (κ2) is 10.9. The quantitative estimate of drug-likeness (QED) is 0.517. The molecule has 3 aromatic rings. The first-order chi connectivity index (χ1) is 17.9. The number of hydrogen-bond acceptors (Lipinski definition) is 6. The molecule has 1 N–H and O–H groups in total. The maximum absolute atomic E-state index is 13.1. The second-order valence-corrected chi connectivity index (χ2v) is 10.1. The van der Waals surface area contributed by atoms with Crippen molar-refractivity contribution in [3.63, 3.8) is 0 Å². The lowest BCUT2D eigenvalue weighted by molar-refractivity contribution is -0.141. The van der Waals surface area contributed by atoms with Gasteiger partial charge in [0.05, 0.1) is 11.6 Å². The standard InChI is InChI=1S/C27H30F3N5O3/c1-26(2,3)38-25(37)35-14-12-34(13-15-35)22(18-9-10-23(32-16-18)27(28,29)30)17-33-24(36)20-6-4-8-21-19(20)7-5-11-31-21/h4-11,16,22H,12-15,17H2,1-3H3,(H,33,36). The highest BCUT2D eigenvalue weighted by atomic mass is 19.4. The third-order valence-electron chi connectivity index (χ3n) is 6.21. The molecular weight excluding hydrogens is 499 g/mol. The molecule has 0 saturated carbocycles. The molecule has 202 valence electrons. The Morgan fingerprint density at radius 3 is 2.37 bits per heavy atom. The number of piperazine rings is 1. The molecule has 1 fully saturated rings. The number of rotatable bonds is 5. The van der Waals surface area contributed by atoms with Crippen LogP contribution in [0.2, 0.25) is 0 Å². The van der Waals surface area contributed by atoms with Gasteiger partial charge in [0, 0.05) is 56.1 Å². The van der Waals surface area contributed by atoms with Crippen molar-refractivity contribution in [1.29, 1.82) is 0 Å². The highest BCUT2D eigenvalue weighted by Gasteiger charge is 2.34. The molecule has 0 radical (unpaired) electrons. The molecule has 11 heteroatoms. The predicted octanol–water partition coefficient (Wildman–Crippen LogP) is 4.67. The summed E-state index contributed by atoms with van der Waals surface area (Å²) in [6.45, 7) is 7.16. The maximum atomic E-state index is 13.1. The number of alkyl halides is 3. The number of nitrogens with one attached hydrogen (secondary N) is 1. The summed E-state index contributed by atoms with van der Waals surface area (Å²) in [5.41, 5.74) is 0.0616. The Kier molecular flexibility index (Phi) is 7.86. The third-order valence-corrected chi connectivity index (χ3v) is 6.21. The largest absolute Gasteiger partial charge is 0.444 e. The van der Waals surface area contributed by atoms with Crippen molar-refractivity contribution in [3.8, 4) is 0 Å². The van der Waals surface area contributed by atoms with Gasteiger partial charge in [-0.05, 0) is 50.6 Å². The number of benzene rings is 1. The maximum Gasteiger partial charge on any atom is 0.433 e. The molecule has 38 heavy (non-hydrogen) atoms. The molecule has 3 heterocycles. The number of pyridine rings is 2. The van der Waals surface area contributed by atoms with Crippen LogP contribution in [-0.4, -0.2) is 70.1 Å². The normalized spacial score (nSPS) is 15.8. The number of nitrogens with zero attached hydrogens (tertiary/aromatic N) is 4. The number of hydrogen-bond donors (Lipinski definition) is 1. The van der Waals surface area contributed by atoms with Crippen LogP contribution in [-0.2, 0) is 10.9 Å². The zero-order valence-corrected chi connectivity index (χ0v) is 21.5. The number of amides is 2. The number of carbonyl (C=O) groups excluding carboxylic acids is 2. The van der Waals surface area contributed by atoms with E-state index in [1.165, 1.54) is 12.3 Å². The van der Waals surface area contributed by atoms with E-state index >= 15 is 0 Å². The average molecular weight is 530 g/mol. The molecule has 0 bridgehead atoms. The lowest BCUT2D eigenvalue weighted by atomic mass is 10.0. The van der Waals surface area contributed by atoms with Crippen LogP contribution in [0.1, 0.15) is 48.4 Å². The summed E-state index contributed by atoms with van der Waals surface area (Å²) in [4.78, 5) is 37.1. The van der Waals surface area contributed by atoms with Crippen molar-refractivity contribution in [2.24, 2.45) is 0 Å². The number of carbonyl (C=O) groups is 2. The van der Waals surface area contributed by atoms with E-state index in [1.54, 1.807) is 50.1 Å². The van der Waals surface area contributed by atoms with Gasteiger partial charge < -0.3 is 15.0 Å². The minimum atomic E-state index is -4.55. The SMILES string of the molecule is CC(C)(C)OC(=O)N1CCN(C(CNC(=O)c2cccc3ncccc23)c2ccc(C(F)(F)F)nc2)CC1. The second-order valence-electron chi connectivity index (χ2n) is 10.1. The van der Waals surface area contributed by atoms with Crippen molar-refractivity contribution in [1.82, 2.24) is 25.1 Å². The van der Waals surface area contributed by atoms with Crippen LogP contribution in [0.4, 0.5) is 18.0 Å². The van der Waals surface area contributed by atoms with Gasteiger partial charge in [-0.3, -0.25) is 19.7 Å². The molecule has 1 aromatic carbocycles. The third kappa shape index (κ3) is 6.58. The van der Waals surface area contributed by atoms with Gasteiger partial charge in [-0.15, -0.1) is 0 Å². The van der Waals surface area contributed by atoms with Crippen molar-refractivity contribution in [2.45, 2.75) is 38.6 Å². The van der Waals surface area contributed by atoms with Crippen LogP contribution in [0.15, 0.2) is 54.9 Å². The van der Waals surface area contributed by atoms with E-state index in [1.807, 2.05) is 17.0 Å². The van der Waals surface area contributed by atoms with Crippen molar-refractivity contribution in [2.75, 3.05) is 32.7 Å². The predicted molar refractivity (Wildman–Crippen MR) is 135 cm³/mol.